The van der Waals surface area contributed by atoms with E-state index < -0.39 is 6.04 Å². The summed E-state index contributed by atoms with van der Waals surface area (Å²) >= 11 is 0. The summed E-state index contributed by atoms with van der Waals surface area (Å²) in [5.41, 5.74) is 0.557. The monoisotopic (exact) mass is 302 g/mol. The molecule has 22 heavy (non-hydrogen) atoms. The Morgan fingerprint density at radius 1 is 1.36 bits per heavy atom. The normalized spacial score (nSPS) is 16.9. The van der Waals surface area contributed by atoms with Crippen LogP contribution in [0, 0.1) is 11.3 Å². The van der Waals surface area contributed by atoms with E-state index >= 15 is 0 Å². The van der Waals surface area contributed by atoms with Crippen molar-refractivity contribution in [2.75, 3.05) is 20.3 Å². The van der Waals surface area contributed by atoms with E-state index in [0.717, 1.165) is 6.42 Å². The molecular weight excluding hydrogens is 284 g/mol. The molecule has 0 radical (unpaired) electrons. The van der Waals surface area contributed by atoms with Crippen LogP contribution >= 0.6 is 0 Å². The first-order valence-electron chi connectivity index (χ1n) is 7.16. The summed E-state index contributed by atoms with van der Waals surface area (Å²) in [6.45, 7) is 0.810. The van der Waals surface area contributed by atoms with E-state index in [1.807, 2.05) is 6.07 Å². The molecule has 1 fully saturated rings. The number of rotatable bonds is 5. The van der Waals surface area contributed by atoms with E-state index in [-0.39, 0.29) is 24.9 Å². The molecule has 0 spiro atoms. The highest BCUT2D eigenvalue weighted by Crippen LogP contribution is 2.19. The minimum atomic E-state index is -0.465. The number of esters is 1. The molecule has 1 amide bonds. The molecule has 1 aromatic carbocycles. The first-order valence-corrected chi connectivity index (χ1v) is 7.16. The largest absolute Gasteiger partial charge is 0.493 e. The summed E-state index contributed by atoms with van der Waals surface area (Å²) in [6.07, 6.45) is 1.66. The zero-order valence-electron chi connectivity index (χ0n) is 12.4. The highest BCUT2D eigenvalue weighted by Gasteiger charge is 2.34. The number of carbonyl (C=O) groups excluding carboxylic acids is 2. The maximum Gasteiger partial charge on any atom is 0.328 e. The Hall–Kier alpha value is -2.55. The van der Waals surface area contributed by atoms with Gasteiger partial charge in [0.05, 0.1) is 31.8 Å². The Kier molecular flexibility index (Phi) is 5.37. The average Bonchev–Trinajstić information content (AvgIpc) is 3.04. The van der Waals surface area contributed by atoms with E-state index in [1.54, 1.807) is 29.2 Å². The number of nitrogens with zero attached hydrogens (tertiary/aromatic N) is 2. The lowest BCUT2D eigenvalue weighted by Gasteiger charge is -2.22. The first-order chi connectivity index (χ1) is 10.7. The number of hydrogen-bond donors (Lipinski definition) is 0. The standard InChI is InChI=1S/C16H18N2O4/c1-21-16(20)14-3-2-9-18(14)15(19)8-10-22-13-6-4-12(11-17)5-7-13/h4-7,14H,2-3,8-10H2,1H3. The molecule has 1 atom stereocenters. The van der Waals surface area contributed by atoms with E-state index in [2.05, 4.69) is 0 Å². The second kappa shape index (κ2) is 7.46. The number of benzene rings is 1. The first kappa shape index (κ1) is 15.8. The van der Waals surface area contributed by atoms with Crippen LogP contribution < -0.4 is 4.74 Å². The molecule has 0 N–H and O–H groups in total. The van der Waals surface area contributed by atoms with Gasteiger partial charge >= 0.3 is 5.97 Å². The van der Waals surface area contributed by atoms with Gasteiger partial charge in [0.2, 0.25) is 5.91 Å². The predicted molar refractivity (Wildman–Crippen MR) is 78.0 cm³/mol. The summed E-state index contributed by atoms with van der Waals surface area (Å²) < 4.78 is 10.2. The van der Waals surface area contributed by atoms with Gasteiger partial charge in [-0.05, 0) is 37.1 Å². The molecule has 2 rings (SSSR count). The Balaban J connectivity index is 1.82. The Bertz CT molecular complexity index is 577. The van der Waals surface area contributed by atoms with Crippen molar-refractivity contribution in [3.05, 3.63) is 29.8 Å². The Labute approximate surface area is 129 Å². The van der Waals surface area contributed by atoms with Crippen molar-refractivity contribution in [3.63, 3.8) is 0 Å². The third-order valence-corrected chi connectivity index (χ3v) is 3.61. The third-order valence-electron chi connectivity index (χ3n) is 3.61. The van der Waals surface area contributed by atoms with Crippen molar-refractivity contribution in [1.82, 2.24) is 4.90 Å². The van der Waals surface area contributed by atoms with Crippen LogP contribution in [-0.4, -0.2) is 43.1 Å². The summed E-state index contributed by atoms with van der Waals surface area (Å²) in [6, 6.07) is 8.26. The molecule has 0 aromatic heterocycles. The summed E-state index contributed by atoms with van der Waals surface area (Å²) in [5, 5.41) is 8.71. The molecule has 0 aliphatic carbocycles. The van der Waals surface area contributed by atoms with Gasteiger partial charge in [-0.3, -0.25) is 4.79 Å². The molecular formula is C16H18N2O4. The number of amides is 1. The number of likely N-dealkylation sites (tertiary alicyclic amines) is 1. The van der Waals surface area contributed by atoms with E-state index in [9.17, 15) is 9.59 Å². The molecule has 1 aromatic rings. The topological polar surface area (TPSA) is 79.6 Å². The number of carbonyl (C=O) groups is 2. The van der Waals surface area contributed by atoms with Crippen LogP contribution in [0.1, 0.15) is 24.8 Å². The van der Waals surface area contributed by atoms with Crippen LogP contribution in [0.15, 0.2) is 24.3 Å². The lowest BCUT2D eigenvalue weighted by Crippen LogP contribution is -2.41. The molecule has 6 nitrogen and oxygen atoms in total. The van der Waals surface area contributed by atoms with Crippen LogP contribution in [0.3, 0.4) is 0 Å². The van der Waals surface area contributed by atoms with Gasteiger partial charge in [-0.2, -0.15) is 5.26 Å². The van der Waals surface area contributed by atoms with Crippen LogP contribution in [0.5, 0.6) is 5.75 Å². The number of ether oxygens (including phenoxy) is 2. The molecule has 1 saturated heterocycles. The van der Waals surface area contributed by atoms with Gasteiger partial charge < -0.3 is 14.4 Å². The lowest BCUT2D eigenvalue weighted by atomic mass is 10.2. The van der Waals surface area contributed by atoms with Crippen molar-refractivity contribution in [3.8, 4) is 11.8 Å². The van der Waals surface area contributed by atoms with E-state index in [4.69, 9.17) is 14.7 Å². The third kappa shape index (κ3) is 3.76. The summed E-state index contributed by atoms with van der Waals surface area (Å²) in [7, 11) is 1.33. The van der Waals surface area contributed by atoms with Gasteiger partial charge in [0.1, 0.15) is 11.8 Å². The summed E-state index contributed by atoms with van der Waals surface area (Å²) in [4.78, 5) is 25.3. The van der Waals surface area contributed by atoms with Crippen molar-refractivity contribution in [1.29, 1.82) is 5.26 Å². The fourth-order valence-electron chi connectivity index (χ4n) is 2.47. The second-order valence-electron chi connectivity index (χ2n) is 5.00. The van der Waals surface area contributed by atoms with Crippen molar-refractivity contribution < 1.29 is 19.1 Å². The van der Waals surface area contributed by atoms with Crippen LogP contribution in [-0.2, 0) is 14.3 Å². The highest BCUT2D eigenvalue weighted by atomic mass is 16.5. The fraction of sp³-hybridized carbons (Fsp3) is 0.438. The zero-order chi connectivity index (χ0) is 15.9. The van der Waals surface area contributed by atoms with E-state index in [1.165, 1.54) is 7.11 Å². The number of methoxy groups -OCH3 is 1. The summed E-state index contributed by atoms with van der Waals surface area (Å²) in [5.74, 6) is 0.137. The van der Waals surface area contributed by atoms with Gasteiger partial charge in [-0.25, -0.2) is 4.79 Å². The molecule has 0 saturated carbocycles. The zero-order valence-corrected chi connectivity index (χ0v) is 12.4. The fourth-order valence-corrected chi connectivity index (χ4v) is 2.47. The van der Waals surface area contributed by atoms with Crippen molar-refractivity contribution >= 4 is 11.9 Å². The van der Waals surface area contributed by atoms with Crippen molar-refractivity contribution in [2.24, 2.45) is 0 Å². The Morgan fingerprint density at radius 2 is 2.09 bits per heavy atom. The number of nitriles is 1. The van der Waals surface area contributed by atoms with Crippen molar-refractivity contribution in [2.45, 2.75) is 25.3 Å². The van der Waals surface area contributed by atoms with Gasteiger partial charge in [0, 0.05) is 6.54 Å². The molecule has 1 unspecified atom stereocenters. The molecule has 1 aliphatic rings. The van der Waals surface area contributed by atoms with Gasteiger partial charge in [0.25, 0.3) is 0 Å². The maximum atomic E-state index is 12.2. The molecule has 6 heteroatoms. The SMILES string of the molecule is COC(=O)C1CCCN1C(=O)CCOc1ccc(C#N)cc1. The molecule has 1 aliphatic heterocycles. The van der Waals surface area contributed by atoms with Gasteiger partial charge in [-0.15, -0.1) is 0 Å². The molecule has 0 bridgehead atoms. The number of hydrogen-bond acceptors (Lipinski definition) is 5. The van der Waals surface area contributed by atoms with Gasteiger partial charge in [0.15, 0.2) is 0 Å². The smallest absolute Gasteiger partial charge is 0.328 e. The molecule has 1 heterocycles. The predicted octanol–water partition coefficient (Wildman–Crippen LogP) is 1.49. The maximum absolute atomic E-state index is 12.2. The van der Waals surface area contributed by atoms with Crippen LogP contribution in [0.2, 0.25) is 0 Å². The highest BCUT2D eigenvalue weighted by molar-refractivity contribution is 5.85. The van der Waals surface area contributed by atoms with E-state index in [0.29, 0.717) is 24.3 Å². The quantitative estimate of drug-likeness (QED) is 0.770. The minimum Gasteiger partial charge on any atom is -0.493 e. The lowest BCUT2D eigenvalue weighted by molar-refractivity contribution is -0.151. The van der Waals surface area contributed by atoms with Crippen LogP contribution in [0.25, 0.3) is 0 Å². The molecule has 116 valence electrons. The second-order valence-corrected chi connectivity index (χ2v) is 5.00. The van der Waals surface area contributed by atoms with Crippen LogP contribution in [0.4, 0.5) is 0 Å². The van der Waals surface area contributed by atoms with Gasteiger partial charge in [-0.1, -0.05) is 0 Å². The average molecular weight is 302 g/mol. The minimum absolute atomic E-state index is 0.110. The Morgan fingerprint density at radius 3 is 2.73 bits per heavy atom.